The molecule has 0 bridgehead atoms. The maximum absolute atomic E-state index is 13.0. The molecule has 1 heterocycles. The molecule has 0 spiro atoms. The lowest BCUT2D eigenvalue weighted by Gasteiger charge is -2.35. The predicted octanol–water partition coefficient (Wildman–Crippen LogP) is 3.81. The van der Waals surface area contributed by atoms with Crippen LogP contribution < -0.4 is 4.74 Å². The topological polar surface area (TPSA) is 93.0 Å². The Labute approximate surface area is 187 Å². The van der Waals surface area contributed by atoms with Gasteiger partial charge in [0.05, 0.1) is 12.0 Å². The number of amides is 2. The first-order chi connectivity index (χ1) is 15.0. The molecule has 8 heteroatoms. The smallest absolute Gasteiger partial charge is 0.273 e. The number of rotatable bonds is 4. The van der Waals surface area contributed by atoms with Crippen molar-refractivity contribution < 1.29 is 19.2 Å². The highest BCUT2D eigenvalue weighted by atomic mass is 16.6. The molecule has 32 heavy (non-hydrogen) atoms. The van der Waals surface area contributed by atoms with Crippen molar-refractivity contribution in [3.05, 3.63) is 68.8 Å². The molecule has 0 saturated carbocycles. The summed E-state index contributed by atoms with van der Waals surface area (Å²) in [5.74, 6) is 0.281. The molecule has 0 atom stereocenters. The summed E-state index contributed by atoms with van der Waals surface area (Å²) in [5, 5.41) is 11.6. The molecule has 3 rings (SSSR count). The lowest BCUT2D eigenvalue weighted by Crippen LogP contribution is -2.50. The zero-order chi connectivity index (χ0) is 23.6. The molecular weight excluding hydrogens is 410 g/mol. The molecule has 1 saturated heterocycles. The molecule has 1 fully saturated rings. The summed E-state index contributed by atoms with van der Waals surface area (Å²) >= 11 is 0. The largest absolute Gasteiger partial charge is 0.496 e. The van der Waals surface area contributed by atoms with Gasteiger partial charge in [-0.05, 0) is 36.1 Å². The highest BCUT2D eigenvalue weighted by Gasteiger charge is 2.29. The number of benzene rings is 2. The second-order valence-electron chi connectivity index (χ2n) is 9.01. The van der Waals surface area contributed by atoms with Crippen molar-refractivity contribution in [3.8, 4) is 5.75 Å². The van der Waals surface area contributed by atoms with Crippen molar-refractivity contribution in [1.29, 1.82) is 0 Å². The Morgan fingerprint density at radius 3 is 1.91 bits per heavy atom. The Balaban J connectivity index is 1.71. The van der Waals surface area contributed by atoms with E-state index in [4.69, 9.17) is 4.74 Å². The zero-order valence-electron chi connectivity index (χ0n) is 19.2. The Kier molecular flexibility index (Phi) is 6.52. The van der Waals surface area contributed by atoms with Crippen LogP contribution in [0.5, 0.6) is 5.75 Å². The van der Waals surface area contributed by atoms with Crippen molar-refractivity contribution in [1.82, 2.24) is 9.80 Å². The number of piperazine rings is 1. The second kappa shape index (κ2) is 8.98. The molecule has 1 aliphatic rings. The molecule has 0 unspecified atom stereocenters. The second-order valence-corrected chi connectivity index (χ2v) is 9.01. The zero-order valence-corrected chi connectivity index (χ0v) is 19.2. The van der Waals surface area contributed by atoms with Gasteiger partial charge in [0.25, 0.3) is 17.5 Å². The Morgan fingerprint density at radius 1 is 0.938 bits per heavy atom. The van der Waals surface area contributed by atoms with Gasteiger partial charge < -0.3 is 14.5 Å². The SMILES string of the molecule is COc1cc(C(=O)N2CCN(C(=O)c3ccc(C(C)(C)C)c([N+](=O)[O-])c3)CC2)ccc1C. The maximum atomic E-state index is 13.0. The third-order valence-electron chi connectivity index (χ3n) is 5.76. The number of carbonyl (C=O) groups excluding carboxylic acids is 2. The lowest BCUT2D eigenvalue weighted by molar-refractivity contribution is -0.386. The van der Waals surface area contributed by atoms with Crippen molar-refractivity contribution in [2.24, 2.45) is 0 Å². The van der Waals surface area contributed by atoms with Crippen LogP contribution in [0.15, 0.2) is 36.4 Å². The van der Waals surface area contributed by atoms with Crippen LogP contribution in [-0.2, 0) is 5.41 Å². The van der Waals surface area contributed by atoms with Gasteiger partial charge in [0.1, 0.15) is 5.75 Å². The molecule has 0 N–H and O–H groups in total. The number of hydrogen-bond acceptors (Lipinski definition) is 5. The van der Waals surface area contributed by atoms with Crippen molar-refractivity contribution in [3.63, 3.8) is 0 Å². The number of aryl methyl sites for hydroxylation is 1. The molecule has 2 amide bonds. The molecule has 0 aromatic heterocycles. The summed E-state index contributed by atoms with van der Waals surface area (Å²) in [6.45, 7) is 9.12. The lowest BCUT2D eigenvalue weighted by atomic mass is 9.85. The summed E-state index contributed by atoms with van der Waals surface area (Å²) < 4.78 is 5.30. The van der Waals surface area contributed by atoms with Crippen LogP contribution in [0.1, 0.15) is 52.6 Å². The van der Waals surface area contributed by atoms with E-state index >= 15 is 0 Å². The standard InChI is InChI=1S/C24H29N3O5/c1-16-6-7-18(15-21(16)32-5)23(29)26-12-10-25(11-13-26)22(28)17-8-9-19(24(2,3)4)20(14-17)27(30)31/h6-9,14-15H,10-13H2,1-5H3. The van der Waals surface area contributed by atoms with Crippen LogP contribution in [0.4, 0.5) is 5.69 Å². The average Bonchev–Trinajstić information content (AvgIpc) is 2.77. The van der Waals surface area contributed by atoms with E-state index in [-0.39, 0.29) is 23.1 Å². The van der Waals surface area contributed by atoms with Crippen molar-refractivity contribution in [2.75, 3.05) is 33.3 Å². The van der Waals surface area contributed by atoms with Gasteiger partial charge in [-0.1, -0.05) is 32.9 Å². The van der Waals surface area contributed by atoms with Crippen LogP contribution in [0.3, 0.4) is 0 Å². The van der Waals surface area contributed by atoms with Gasteiger partial charge in [0.2, 0.25) is 0 Å². The Bertz CT molecular complexity index is 1050. The number of ether oxygens (including phenoxy) is 1. The number of carbonyl (C=O) groups is 2. The van der Waals surface area contributed by atoms with Gasteiger partial charge in [-0.25, -0.2) is 0 Å². The van der Waals surface area contributed by atoms with Gasteiger partial charge in [-0.3, -0.25) is 19.7 Å². The molecular formula is C24H29N3O5. The van der Waals surface area contributed by atoms with E-state index in [2.05, 4.69) is 0 Å². The molecule has 8 nitrogen and oxygen atoms in total. The number of nitrogens with zero attached hydrogens (tertiary/aromatic N) is 3. The molecule has 2 aromatic carbocycles. The predicted molar refractivity (Wildman–Crippen MR) is 121 cm³/mol. The fourth-order valence-electron chi connectivity index (χ4n) is 3.88. The van der Waals surface area contributed by atoms with Gasteiger partial charge in [0.15, 0.2) is 0 Å². The monoisotopic (exact) mass is 439 g/mol. The summed E-state index contributed by atoms with van der Waals surface area (Å²) in [5.41, 5.74) is 1.90. The average molecular weight is 440 g/mol. The van der Waals surface area contributed by atoms with Crippen LogP contribution in [-0.4, -0.2) is 59.8 Å². The molecule has 0 radical (unpaired) electrons. The van der Waals surface area contributed by atoms with Crippen molar-refractivity contribution in [2.45, 2.75) is 33.1 Å². The summed E-state index contributed by atoms with van der Waals surface area (Å²) in [7, 11) is 1.57. The van der Waals surface area contributed by atoms with E-state index in [1.165, 1.54) is 6.07 Å². The van der Waals surface area contributed by atoms with Gasteiger partial charge >= 0.3 is 0 Å². The van der Waals surface area contributed by atoms with Crippen LogP contribution in [0.2, 0.25) is 0 Å². The molecule has 2 aromatic rings. The van der Waals surface area contributed by atoms with Crippen molar-refractivity contribution >= 4 is 17.5 Å². The quantitative estimate of drug-likeness (QED) is 0.534. The van der Waals surface area contributed by atoms with Gasteiger partial charge in [-0.2, -0.15) is 0 Å². The van der Waals surface area contributed by atoms with E-state index in [1.54, 1.807) is 41.2 Å². The highest BCUT2D eigenvalue weighted by Crippen LogP contribution is 2.32. The number of methoxy groups -OCH3 is 1. The minimum atomic E-state index is -0.441. The number of nitro groups is 1. The van der Waals surface area contributed by atoms with E-state index in [1.807, 2.05) is 33.8 Å². The van der Waals surface area contributed by atoms with Crippen LogP contribution in [0.25, 0.3) is 0 Å². The minimum absolute atomic E-state index is 0.0505. The van der Waals surface area contributed by atoms with Crippen LogP contribution in [0, 0.1) is 17.0 Å². The fraction of sp³-hybridized carbons (Fsp3) is 0.417. The summed E-state index contributed by atoms with van der Waals surface area (Å²) in [4.78, 5) is 40.3. The Morgan fingerprint density at radius 2 is 1.44 bits per heavy atom. The van der Waals surface area contributed by atoms with E-state index in [9.17, 15) is 19.7 Å². The first kappa shape index (κ1) is 23.2. The molecule has 1 aliphatic heterocycles. The third kappa shape index (κ3) is 4.74. The fourth-order valence-corrected chi connectivity index (χ4v) is 3.88. The third-order valence-corrected chi connectivity index (χ3v) is 5.76. The Hall–Kier alpha value is -3.42. The first-order valence-electron chi connectivity index (χ1n) is 10.5. The van der Waals surface area contributed by atoms with Gasteiger partial charge in [-0.15, -0.1) is 0 Å². The number of hydrogen-bond donors (Lipinski definition) is 0. The highest BCUT2D eigenvalue weighted by molar-refractivity contribution is 5.96. The van der Waals surface area contributed by atoms with E-state index in [0.717, 1.165) is 5.56 Å². The van der Waals surface area contributed by atoms with E-state index in [0.29, 0.717) is 43.1 Å². The maximum Gasteiger partial charge on any atom is 0.273 e. The first-order valence-corrected chi connectivity index (χ1v) is 10.5. The molecule has 170 valence electrons. The van der Waals surface area contributed by atoms with Gasteiger partial charge in [0, 0.05) is 48.9 Å². The molecule has 0 aliphatic carbocycles. The number of nitro benzene ring substituents is 1. The summed E-state index contributed by atoms with van der Waals surface area (Å²) in [6.07, 6.45) is 0. The minimum Gasteiger partial charge on any atom is -0.496 e. The normalized spacial score (nSPS) is 14.3. The summed E-state index contributed by atoms with van der Waals surface area (Å²) in [6, 6.07) is 10.0. The van der Waals surface area contributed by atoms with E-state index < -0.39 is 10.3 Å². The van der Waals surface area contributed by atoms with Crippen LogP contribution >= 0.6 is 0 Å².